The number of hydrogen-bond acceptors (Lipinski definition) is 6. The minimum Gasteiger partial charge on any atom is -0.483 e. The maximum Gasteiger partial charge on any atom is 0.271 e. The van der Waals surface area contributed by atoms with Crippen LogP contribution in [0, 0.1) is 5.41 Å². The number of carbonyl (C=O) groups is 2. The average molecular weight is 443 g/mol. The molecule has 1 aromatic carbocycles. The second-order valence-corrected chi connectivity index (χ2v) is 8.95. The molecule has 2 aliphatic heterocycles. The normalized spacial score (nSPS) is 24.3. The van der Waals surface area contributed by atoms with Gasteiger partial charge in [-0.25, -0.2) is 4.98 Å². The third kappa shape index (κ3) is 4.78. The molecule has 4 rings (SSSR count). The molecule has 0 saturated carbocycles. The van der Waals surface area contributed by atoms with Crippen molar-refractivity contribution in [2.24, 2.45) is 5.41 Å². The molecular weight excluding hydrogens is 412 g/mol. The summed E-state index contributed by atoms with van der Waals surface area (Å²) < 4.78 is 5.75. The van der Waals surface area contributed by atoms with Crippen molar-refractivity contribution < 1.29 is 24.5 Å². The van der Waals surface area contributed by atoms with Gasteiger partial charge in [0.15, 0.2) is 6.61 Å². The molecule has 0 bridgehead atoms. The number of fused-ring (bicyclic) bond motifs is 1. The van der Waals surface area contributed by atoms with Crippen LogP contribution in [0.15, 0.2) is 36.8 Å². The molecule has 3 N–H and O–H groups in total. The number of nitrogens with zero attached hydrogens (tertiary/aromatic N) is 3. The molecule has 0 aliphatic carbocycles. The molecule has 9 nitrogen and oxygen atoms in total. The molecule has 9 heteroatoms. The van der Waals surface area contributed by atoms with Gasteiger partial charge in [-0.1, -0.05) is 18.2 Å². The van der Waals surface area contributed by atoms with Gasteiger partial charge in [0.2, 0.25) is 0 Å². The summed E-state index contributed by atoms with van der Waals surface area (Å²) >= 11 is 0. The van der Waals surface area contributed by atoms with Crippen LogP contribution >= 0.6 is 0 Å². The molecule has 2 aliphatic rings. The molecule has 32 heavy (non-hydrogen) atoms. The van der Waals surface area contributed by atoms with Crippen LogP contribution in [0.1, 0.15) is 35.3 Å². The molecule has 2 atom stereocenters. The van der Waals surface area contributed by atoms with E-state index in [1.54, 1.807) is 22.9 Å². The topological polar surface area (TPSA) is 119 Å². The van der Waals surface area contributed by atoms with E-state index in [1.807, 2.05) is 18.2 Å². The Labute approximate surface area is 187 Å². The summed E-state index contributed by atoms with van der Waals surface area (Å²) in [5.41, 5.74) is 0.788. The standard InChI is InChI=1S/C23H30N4O5/c1-26-14-23(6-8-27(9-7-23)22(31)17-12-24-15-25-17)11-19(29)18(28)10-16-4-2-3-5-20(16)32-13-21(26)30/h2-5,12,15,18-19,28-29H,6-11,13-14H2,1H3,(H,24,25)/t18-,19+/m0/s1. The number of H-pyrrole nitrogens is 1. The number of likely N-dealkylation sites (N-methyl/N-ethyl adjacent to an activating group) is 1. The van der Waals surface area contributed by atoms with Crippen molar-refractivity contribution in [1.82, 2.24) is 19.8 Å². The summed E-state index contributed by atoms with van der Waals surface area (Å²) in [6, 6.07) is 7.26. The average Bonchev–Trinajstić information content (AvgIpc) is 3.32. The van der Waals surface area contributed by atoms with E-state index in [-0.39, 0.29) is 24.8 Å². The van der Waals surface area contributed by atoms with Gasteiger partial charge in [-0.05, 0) is 36.3 Å². The fourth-order valence-corrected chi connectivity index (χ4v) is 4.75. The lowest BCUT2D eigenvalue weighted by molar-refractivity contribution is -0.135. The Kier molecular flexibility index (Phi) is 6.48. The van der Waals surface area contributed by atoms with Crippen LogP contribution in [-0.4, -0.2) is 87.3 Å². The van der Waals surface area contributed by atoms with Gasteiger partial charge in [0.25, 0.3) is 11.8 Å². The minimum atomic E-state index is -0.958. The number of amides is 2. The van der Waals surface area contributed by atoms with E-state index in [2.05, 4.69) is 9.97 Å². The van der Waals surface area contributed by atoms with Crippen molar-refractivity contribution in [2.75, 3.05) is 33.3 Å². The van der Waals surface area contributed by atoms with Gasteiger partial charge in [0, 0.05) is 33.1 Å². The van der Waals surface area contributed by atoms with Crippen molar-refractivity contribution in [2.45, 2.75) is 37.9 Å². The summed E-state index contributed by atoms with van der Waals surface area (Å²) in [6.45, 7) is 1.34. The molecule has 1 aromatic heterocycles. The van der Waals surface area contributed by atoms with Crippen molar-refractivity contribution in [3.8, 4) is 5.75 Å². The Morgan fingerprint density at radius 1 is 1.22 bits per heavy atom. The zero-order chi connectivity index (χ0) is 22.7. The van der Waals surface area contributed by atoms with Gasteiger partial charge in [0.05, 0.1) is 24.7 Å². The second kappa shape index (κ2) is 9.30. The first kappa shape index (κ1) is 22.3. The number of imidazole rings is 1. The van der Waals surface area contributed by atoms with Gasteiger partial charge in [-0.15, -0.1) is 0 Å². The predicted molar refractivity (Wildman–Crippen MR) is 116 cm³/mol. The van der Waals surface area contributed by atoms with E-state index in [9.17, 15) is 19.8 Å². The number of aliphatic hydroxyl groups is 2. The first-order valence-electron chi connectivity index (χ1n) is 11.0. The smallest absolute Gasteiger partial charge is 0.271 e. The van der Waals surface area contributed by atoms with Crippen molar-refractivity contribution in [1.29, 1.82) is 0 Å². The van der Waals surface area contributed by atoms with Crippen LogP contribution in [0.25, 0.3) is 0 Å². The lowest BCUT2D eigenvalue weighted by Gasteiger charge is -2.45. The zero-order valence-corrected chi connectivity index (χ0v) is 18.2. The fourth-order valence-electron chi connectivity index (χ4n) is 4.75. The number of nitrogens with one attached hydrogen (secondary N) is 1. The lowest BCUT2D eigenvalue weighted by atomic mass is 9.72. The van der Waals surface area contributed by atoms with E-state index >= 15 is 0 Å². The molecule has 1 spiro atoms. The number of ether oxygens (including phenoxy) is 1. The molecule has 0 unspecified atom stereocenters. The largest absolute Gasteiger partial charge is 0.483 e. The zero-order valence-electron chi connectivity index (χ0n) is 18.2. The summed E-state index contributed by atoms with van der Waals surface area (Å²) in [4.78, 5) is 35.6. The number of carbonyl (C=O) groups excluding carboxylic acids is 2. The lowest BCUT2D eigenvalue weighted by Crippen LogP contribution is -2.51. The van der Waals surface area contributed by atoms with E-state index in [0.29, 0.717) is 50.3 Å². The number of benzene rings is 1. The molecule has 0 radical (unpaired) electrons. The van der Waals surface area contributed by atoms with Crippen molar-refractivity contribution >= 4 is 11.8 Å². The maximum absolute atomic E-state index is 12.8. The monoisotopic (exact) mass is 442 g/mol. The molecular formula is C23H30N4O5. The quantitative estimate of drug-likeness (QED) is 0.602. The first-order chi connectivity index (χ1) is 15.4. The Balaban J connectivity index is 1.53. The predicted octanol–water partition coefficient (Wildman–Crippen LogP) is 0.838. The minimum absolute atomic E-state index is 0.0906. The third-order valence-corrected chi connectivity index (χ3v) is 6.68. The van der Waals surface area contributed by atoms with Crippen LogP contribution in [0.2, 0.25) is 0 Å². The van der Waals surface area contributed by atoms with Crippen molar-refractivity contribution in [3.05, 3.63) is 48.0 Å². The molecule has 2 amide bonds. The summed E-state index contributed by atoms with van der Waals surface area (Å²) in [6.07, 6.45) is 2.89. The van der Waals surface area contributed by atoms with Gasteiger partial charge in [-0.2, -0.15) is 0 Å². The summed E-state index contributed by atoms with van der Waals surface area (Å²) in [5, 5.41) is 21.6. The van der Waals surface area contributed by atoms with E-state index in [4.69, 9.17) is 4.74 Å². The highest BCUT2D eigenvalue weighted by molar-refractivity contribution is 5.92. The van der Waals surface area contributed by atoms with Crippen LogP contribution in [-0.2, 0) is 11.2 Å². The highest BCUT2D eigenvalue weighted by Gasteiger charge is 2.41. The van der Waals surface area contributed by atoms with Gasteiger partial charge in [-0.3, -0.25) is 9.59 Å². The van der Waals surface area contributed by atoms with E-state index < -0.39 is 17.6 Å². The Bertz CT molecular complexity index is 940. The van der Waals surface area contributed by atoms with Gasteiger partial charge in [0.1, 0.15) is 11.4 Å². The molecule has 1 fully saturated rings. The number of para-hydroxylation sites is 1. The number of hydrogen-bond donors (Lipinski definition) is 3. The highest BCUT2D eigenvalue weighted by Crippen LogP contribution is 2.38. The molecule has 1 saturated heterocycles. The molecule has 3 heterocycles. The Morgan fingerprint density at radius 2 is 1.97 bits per heavy atom. The number of piperidine rings is 1. The maximum atomic E-state index is 12.8. The molecule has 172 valence electrons. The van der Waals surface area contributed by atoms with Gasteiger partial charge >= 0.3 is 0 Å². The second-order valence-electron chi connectivity index (χ2n) is 8.95. The number of aromatic amines is 1. The number of rotatable bonds is 1. The van der Waals surface area contributed by atoms with Crippen molar-refractivity contribution in [3.63, 3.8) is 0 Å². The third-order valence-electron chi connectivity index (χ3n) is 6.68. The van der Waals surface area contributed by atoms with Crippen LogP contribution < -0.4 is 4.74 Å². The van der Waals surface area contributed by atoms with Gasteiger partial charge < -0.3 is 29.7 Å². The van der Waals surface area contributed by atoms with E-state index in [0.717, 1.165) is 5.56 Å². The number of aromatic nitrogens is 2. The van der Waals surface area contributed by atoms with Crippen LogP contribution in [0.4, 0.5) is 0 Å². The fraction of sp³-hybridized carbons (Fsp3) is 0.522. The SMILES string of the molecule is CN1CC2(CCN(C(=O)c3cnc[nH]3)CC2)C[C@@H](O)[C@@H](O)Cc2ccccc2OCC1=O. The number of aliphatic hydroxyl groups excluding tert-OH is 2. The van der Waals surface area contributed by atoms with E-state index in [1.165, 1.54) is 12.5 Å². The molecule has 2 aromatic rings. The van der Waals surface area contributed by atoms with Crippen LogP contribution in [0.3, 0.4) is 0 Å². The highest BCUT2D eigenvalue weighted by atomic mass is 16.5. The number of likely N-dealkylation sites (tertiary alicyclic amines) is 1. The first-order valence-corrected chi connectivity index (χ1v) is 11.0. The Hall–Kier alpha value is -2.91. The summed E-state index contributed by atoms with van der Waals surface area (Å²) in [5.74, 6) is 0.285. The Morgan fingerprint density at radius 3 is 2.69 bits per heavy atom. The van der Waals surface area contributed by atoms with Crippen LogP contribution in [0.5, 0.6) is 5.75 Å². The summed E-state index contributed by atoms with van der Waals surface area (Å²) in [7, 11) is 1.73.